The van der Waals surface area contributed by atoms with E-state index in [1.165, 1.54) is 0 Å². The SMILES string of the molecule is C=C(C)COCCNC(=O)CC(C)N. The van der Waals surface area contributed by atoms with Crippen LogP contribution in [0, 0.1) is 0 Å². The van der Waals surface area contributed by atoms with Crippen LogP contribution in [0.4, 0.5) is 0 Å². The molecule has 4 nitrogen and oxygen atoms in total. The molecule has 4 heteroatoms. The molecule has 0 aliphatic carbocycles. The Labute approximate surface area is 85.5 Å². The van der Waals surface area contributed by atoms with Crippen molar-refractivity contribution in [3.8, 4) is 0 Å². The summed E-state index contributed by atoms with van der Waals surface area (Å²) in [6, 6.07) is -0.0914. The van der Waals surface area contributed by atoms with E-state index in [1.807, 2.05) is 6.92 Å². The fourth-order valence-electron chi connectivity index (χ4n) is 0.874. The zero-order valence-electron chi connectivity index (χ0n) is 9.01. The molecule has 0 spiro atoms. The fourth-order valence-corrected chi connectivity index (χ4v) is 0.874. The summed E-state index contributed by atoms with van der Waals surface area (Å²) < 4.78 is 5.20. The van der Waals surface area contributed by atoms with Gasteiger partial charge in [-0.25, -0.2) is 0 Å². The summed E-state index contributed by atoms with van der Waals surface area (Å²) in [4.78, 5) is 11.1. The van der Waals surface area contributed by atoms with E-state index >= 15 is 0 Å². The topological polar surface area (TPSA) is 64.3 Å². The van der Waals surface area contributed by atoms with Crippen LogP contribution in [0.2, 0.25) is 0 Å². The third-order valence-corrected chi connectivity index (χ3v) is 1.42. The second-order valence-electron chi connectivity index (χ2n) is 3.54. The fraction of sp³-hybridized carbons (Fsp3) is 0.700. The van der Waals surface area contributed by atoms with Gasteiger partial charge in [-0.3, -0.25) is 4.79 Å². The molecule has 0 rings (SSSR count). The van der Waals surface area contributed by atoms with Gasteiger partial charge < -0.3 is 15.8 Å². The zero-order valence-corrected chi connectivity index (χ0v) is 9.01. The van der Waals surface area contributed by atoms with Crippen molar-refractivity contribution in [1.29, 1.82) is 0 Å². The minimum atomic E-state index is -0.0914. The van der Waals surface area contributed by atoms with Crippen LogP contribution >= 0.6 is 0 Å². The van der Waals surface area contributed by atoms with Gasteiger partial charge in [-0.15, -0.1) is 0 Å². The van der Waals surface area contributed by atoms with Crippen molar-refractivity contribution < 1.29 is 9.53 Å². The van der Waals surface area contributed by atoms with Crippen molar-refractivity contribution in [1.82, 2.24) is 5.32 Å². The van der Waals surface area contributed by atoms with Crippen LogP contribution in [0.25, 0.3) is 0 Å². The van der Waals surface area contributed by atoms with E-state index in [1.54, 1.807) is 6.92 Å². The second kappa shape index (κ2) is 7.53. The van der Waals surface area contributed by atoms with E-state index in [0.717, 1.165) is 5.57 Å². The smallest absolute Gasteiger partial charge is 0.221 e. The van der Waals surface area contributed by atoms with Gasteiger partial charge in [0.15, 0.2) is 0 Å². The molecule has 82 valence electrons. The van der Waals surface area contributed by atoms with Gasteiger partial charge in [-0.05, 0) is 13.8 Å². The number of hydrogen-bond acceptors (Lipinski definition) is 3. The van der Waals surface area contributed by atoms with E-state index < -0.39 is 0 Å². The first-order valence-electron chi connectivity index (χ1n) is 4.76. The Balaban J connectivity index is 3.27. The van der Waals surface area contributed by atoms with Gasteiger partial charge in [0.05, 0.1) is 13.2 Å². The lowest BCUT2D eigenvalue weighted by molar-refractivity contribution is -0.121. The van der Waals surface area contributed by atoms with Gasteiger partial charge in [0.1, 0.15) is 0 Å². The number of nitrogens with one attached hydrogen (secondary N) is 1. The van der Waals surface area contributed by atoms with Gasteiger partial charge in [-0.2, -0.15) is 0 Å². The summed E-state index contributed by atoms with van der Waals surface area (Å²) >= 11 is 0. The van der Waals surface area contributed by atoms with Gasteiger partial charge in [0.2, 0.25) is 5.91 Å². The first-order valence-corrected chi connectivity index (χ1v) is 4.76. The summed E-state index contributed by atoms with van der Waals surface area (Å²) in [5.41, 5.74) is 6.44. The molecule has 0 aromatic rings. The Kier molecular flexibility index (Phi) is 7.06. The molecular formula is C10H20N2O2. The summed E-state index contributed by atoms with van der Waals surface area (Å²) in [6.07, 6.45) is 0.362. The maximum absolute atomic E-state index is 11.1. The van der Waals surface area contributed by atoms with E-state index in [2.05, 4.69) is 11.9 Å². The average molecular weight is 200 g/mol. The van der Waals surface area contributed by atoms with Crippen molar-refractivity contribution in [2.75, 3.05) is 19.8 Å². The van der Waals surface area contributed by atoms with Crippen LogP contribution in [0.3, 0.4) is 0 Å². The maximum Gasteiger partial charge on any atom is 0.221 e. The minimum Gasteiger partial charge on any atom is -0.375 e. The van der Waals surface area contributed by atoms with E-state index in [0.29, 0.717) is 26.2 Å². The molecule has 0 aromatic heterocycles. The predicted octanol–water partition coefficient (Wildman–Crippen LogP) is 0.433. The number of carbonyl (C=O) groups excluding carboxylic acids is 1. The van der Waals surface area contributed by atoms with Crippen molar-refractivity contribution in [3.63, 3.8) is 0 Å². The van der Waals surface area contributed by atoms with Gasteiger partial charge >= 0.3 is 0 Å². The van der Waals surface area contributed by atoms with Crippen molar-refractivity contribution in [2.24, 2.45) is 5.73 Å². The first-order chi connectivity index (χ1) is 6.52. The number of carbonyl (C=O) groups is 1. The molecule has 0 saturated carbocycles. The summed E-state index contributed by atoms with van der Waals surface area (Å²) in [7, 11) is 0. The quantitative estimate of drug-likeness (QED) is 0.463. The third kappa shape index (κ3) is 9.22. The monoisotopic (exact) mass is 200 g/mol. The van der Waals surface area contributed by atoms with Gasteiger partial charge in [0, 0.05) is 19.0 Å². The van der Waals surface area contributed by atoms with Crippen LogP contribution in [-0.4, -0.2) is 31.7 Å². The van der Waals surface area contributed by atoms with Crippen LogP contribution < -0.4 is 11.1 Å². The highest BCUT2D eigenvalue weighted by Gasteiger charge is 2.03. The Morgan fingerprint density at radius 2 is 2.29 bits per heavy atom. The van der Waals surface area contributed by atoms with Crippen molar-refractivity contribution >= 4 is 5.91 Å². The van der Waals surface area contributed by atoms with Crippen molar-refractivity contribution in [2.45, 2.75) is 26.3 Å². The van der Waals surface area contributed by atoms with Gasteiger partial charge in [-0.1, -0.05) is 12.2 Å². The summed E-state index contributed by atoms with van der Waals surface area (Å²) in [5.74, 6) is -0.0288. The maximum atomic E-state index is 11.1. The van der Waals surface area contributed by atoms with Crippen LogP contribution in [0.1, 0.15) is 20.3 Å². The average Bonchev–Trinajstić information content (AvgIpc) is 2.01. The van der Waals surface area contributed by atoms with Crippen molar-refractivity contribution in [3.05, 3.63) is 12.2 Å². The molecule has 1 unspecified atom stereocenters. The summed E-state index contributed by atoms with van der Waals surface area (Å²) in [6.45, 7) is 8.98. The molecule has 0 aliphatic rings. The van der Waals surface area contributed by atoms with Gasteiger partial charge in [0.25, 0.3) is 0 Å². The predicted molar refractivity (Wildman–Crippen MR) is 56.9 cm³/mol. The van der Waals surface area contributed by atoms with Crippen LogP contribution in [0.5, 0.6) is 0 Å². The third-order valence-electron chi connectivity index (χ3n) is 1.42. The molecule has 1 amide bonds. The number of rotatable bonds is 7. The molecule has 0 saturated heterocycles. The zero-order chi connectivity index (χ0) is 11.0. The Hall–Kier alpha value is -0.870. The highest BCUT2D eigenvalue weighted by molar-refractivity contribution is 5.76. The molecular weight excluding hydrogens is 180 g/mol. The van der Waals surface area contributed by atoms with Crippen LogP contribution in [-0.2, 0) is 9.53 Å². The number of amides is 1. The molecule has 14 heavy (non-hydrogen) atoms. The lowest BCUT2D eigenvalue weighted by atomic mass is 10.2. The molecule has 3 N–H and O–H groups in total. The molecule has 0 bridgehead atoms. The Bertz CT molecular complexity index is 191. The molecule has 0 radical (unpaired) electrons. The highest BCUT2D eigenvalue weighted by atomic mass is 16.5. The first kappa shape index (κ1) is 13.1. The normalized spacial score (nSPS) is 12.2. The highest BCUT2D eigenvalue weighted by Crippen LogP contribution is 1.88. The Morgan fingerprint density at radius 1 is 1.64 bits per heavy atom. The molecule has 1 atom stereocenters. The largest absolute Gasteiger partial charge is 0.375 e. The van der Waals surface area contributed by atoms with E-state index in [-0.39, 0.29) is 11.9 Å². The second-order valence-corrected chi connectivity index (χ2v) is 3.54. The minimum absolute atomic E-state index is 0.0288. The lowest BCUT2D eigenvalue weighted by Crippen LogP contribution is -2.32. The summed E-state index contributed by atoms with van der Waals surface area (Å²) in [5, 5.41) is 2.71. The number of ether oxygens (including phenoxy) is 1. The standard InChI is InChI=1S/C10H20N2O2/c1-8(2)7-14-5-4-12-10(13)6-9(3)11/h9H,1,4-7,11H2,2-3H3,(H,12,13). The molecule has 0 fully saturated rings. The molecule has 0 aliphatic heterocycles. The van der Waals surface area contributed by atoms with E-state index in [4.69, 9.17) is 10.5 Å². The van der Waals surface area contributed by atoms with E-state index in [9.17, 15) is 4.79 Å². The molecule has 0 heterocycles. The Morgan fingerprint density at radius 3 is 2.79 bits per heavy atom. The number of nitrogens with two attached hydrogens (primary N) is 1. The van der Waals surface area contributed by atoms with Crippen LogP contribution in [0.15, 0.2) is 12.2 Å². The molecule has 0 aromatic carbocycles. The lowest BCUT2D eigenvalue weighted by Gasteiger charge is -2.07. The number of hydrogen-bond donors (Lipinski definition) is 2.